The molecule has 0 aromatic carbocycles. The Balaban J connectivity index is 2.55. The van der Waals surface area contributed by atoms with E-state index in [9.17, 15) is 0 Å². The van der Waals surface area contributed by atoms with Crippen LogP contribution in [0.25, 0.3) is 0 Å². The van der Waals surface area contributed by atoms with Crippen molar-refractivity contribution in [1.29, 1.82) is 0 Å². The summed E-state index contributed by atoms with van der Waals surface area (Å²) in [5.41, 5.74) is 0. The van der Waals surface area contributed by atoms with E-state index in [1.54, 1.807) is 61.8 Å². The Morgan fingerprint density at radius 3 is 1.64 bits per heavy atom. The minimum absolute atomic E-state index is 1.66. The maximum Gasteiger partial charge on any atom is 0.0427 e. The number of aliphatic imine (C=N–C) groups is 2. The molecule has 0 atom stereocenters. The minimum Gasteiger partial charge on any atom is -0.366 e. The summed E-state index contributed by atoms with van der Waals surface area (Å²) in [4.78, 5) is 7.94. The number of hydrogen-bond acceptors (Lipinski definition) is 4. The summed E-state index contributed by atoms with van der Waals surface area (Å²) < 4.78 is 0. The van der Waals surface area contributed by atoms with Crippen molar-refractivity contribution in [2.45, 2.75) is 0 Å². The second-order valence-electron chi connectivity index (χ2n) is 2.28. The highest BCUT2D eigenvalue weighted by Gasteiger charge is 1.68. The standard InChI is InChI=1S/C10H12N4/c1-3-11-7-9-13-5-2-6-14-10-8-12-4-1/h1-11,14H. The molecule has 0 aromatic heterocycles. The van der Waals surface area contributed by atoms with E-state index < -0.39 is 0 Å². The summed E-state index contributed by atoms with van der Waals surface area (Å²) in [6.07, 6.45) is 17.2. The monoisotopic (exact) mass is 188 g/mol. The maximum absolute atomic E-state index is 3.97. The summed E-state index contributed by atoms with van der Waals surface area (Å²) in [5, 5.41) is 5.82. The average molecular weight is 188 g/mol. The fourth-order valence-electron chi connectivity index (χ4n) is 0.679. The second kappa shape index (κ2) is 7.54. The van der Waals surface area contributed by atoms with E-state index in [4.69, 9.17) is 0 Å². The van der Waals surface area contributed by atoms with E-state index in [0.29, 0.717) is 0 Å². The molecule has 0 aromatic rings. The third-order valence-corrected chi connectivity index (χ3v) is 1.24. The van der Waals surface area contributed by atoms with Crippen LogP contribution in [0.1, 0.15) is 0 Å². The molecule has 0 bridgehead atoms. The molecule has 1 rings (SSSR count). The number of allylic oxidation sites excluding steroid dienone is 2. The van der Waals surface area contributed by atoms with Gasteiger partial charge in [0.1, 0.15) is 0 Å². The highest BCUT2D eigenvalue weighted by Crippen LogP contribution is 1.76. The zero-order valence-electron chi connectivity index (χ0n) is 7.67. The summed E-state index contributed by atoms with van der Waals surface area (Å²) in [5.74, 6) is 0. The van der Waals surface area contributed by atoms with E-state index in [2.05, 4.69) is 20.6 Å². The zero-order chi connectivity index (χ0) is 9.90. The van der Waals surface area contributed by atoms with Crippen LogP contribution in [0.15, 0.2) is 59.3 Å². The Bertz CT molecular complexity index is 248. The first-order valence-corrected chi connectivity index (χ1v) is 4.19. The lowest BCUT2D eigenvalue weighted by molar-refractivity contribution is 1.18. The van der Waals surface area contributed by atoms with Gasteiger partial charge in [0.15, 0.2) is 0 Å². The van der Waals surface area contributed by atoms with Gasteiger partial charge < -0.3 is 10.6 Å². The van der Waals surface area contributed by atoms with Gasteiger partial charge >= 0.3 is 0 Å². The molecule has 2 N–H and O–H groups in total. The molecule has 0 aliphatic carbocycles. The lowest BCUT2D eigenvalue weighted by Crippen LogP contribution is -1.92. The van der Waals surface area contributed by atoms with Gasteiger partial charge in [-0.05, 0) is 12.2 Å². The van der Waals surface area contributed by atoms with Gasteiger partial charge in [-0.2, -0.15) is 0 Å². The molecule has 4 nitrogen and oxygen atoms in total. The quantitative estimate of drug-likeness (QED) is 0.601. The Morgan fingerprint density at radius 2 is 1.14 bits per heavy atom. The smallest absolute Gasteiger partial charge is 0.0427 e. The van der Waals surface area contributed by atoms with Crippen LogP contribution >= 0.6 is 0 Å². The van der Waals surface area contributed by atoms with Crippen LogP contribution in [0.2, 0.25) is 0 Å². The highest BCUT2D eigenvalue weighted by molar-refractivity contribution is 5.72. The van der Waals surface area contributed by atoms with Crippen molar-refractivity contribution in [2.24, 2.45) is 9.98 Å². The summed E-state index contributed by atoms with van der Waals surface area (Å²) in [6.45, 7) is 0. The van der Waals surface area contributed by atoms with Crippen LogP contribution in [-0.4, -0.2) is 12.4 Å². The number of hydrogen-bond donors (Lipinski definition) is 2. The topological polar surface area (TPSA) is 48.8 Å². The molecule has 0 spiro atoms. The lowest BCUT2D eigenvalue weighted by atomic mass is 10.6. The van der Waals surface area contributed by atoms with Crippen LogP contribution in [0.5, 0.6) is 0 Å². The molecule has 4 heteroatoms. The van der Waals surface area contributed by atoms with E-state index in [1.165, 1.54) is 0 Å². The van der Waals surface area contributed by atoms with Crippen LogP contribution in [-0.2, 0) is 0 Å². The molecule has 1 heterocycles. The first kappa shape index (κ1) is 9.98. The van der Waals surface area contributed by atoms with Crippen molar-refractivity contribution < 1.29 is 0 Å². The molecule has 0 saturated heterocycles. The molecule has 0 fully saturated rings. The van der Waals surface area contributed by atoms with E-state index in [-0.39, 0.29) is 0 Å². The normalized spacial score (nSPS) is 16.0. The Morgan fingerprint density at radius 1 is 0.643 bits per heavy atom. The third-order valence-electron chi connectivity index (χ3n) is 1.24. The number of nitrogens with zero attached hydrogens (tertiary/aromatic N) is 2. The summed E-state index contributed by atoms with van der Waals surface area (Å²) in [7, 11) is 0. The largest absolute Gasteiger partial charge is 0.366 e. The van der Waals surface area contributed by atoms with E-state index in [0.717, 1.165) is 0 Å². The molecule has 14 heavy (non-hydrogen) atoms. The van der Waals surface area contributed by atoms with Gasteiger partial charge in [0.2, 0.25) is 0 Å². The van der Waals surface area contributed by atoms with Crippen molar-refractivity contribution in [3.63, 3.8) is 0 Å². The van der Waals surface area contributed by atoms with Gasteiger partial charge in [-0.1, -0.05) is 0 Å². The predicted octanol–water partition coefficient (Wildman–Crippen LogP) is 1.29. The first-order valence-electron chi connectivity index (χ1n) is 4.19. The van der Waals surface area contributed by atoms with Crippen molar-refractivity contribution in [1.82, 2.24) is 10.6 Å². The summed E-state index contributed by atoms with van der Waals surface area (Å²) in [6, 6.07) is 0. The van der Waals surface area contributed by atoms with Crippen molar-refractivity contribution in [3.05, 3.63) is 49.4 Å². The van der Waals surface area contributed by atoms with Crippen molar-refractivity contribution >= 4 is 12.4 Å². The fourth-order valence-corrected chi connectivity index (χ4v) is 0.679. The van der Waals surface area contributed by atoms with Gasteiger partial charge in [0.05, 0.1) is 0 Å². The molecule has 0 saturated carbocycles. The van der Waals surface area contributed by atoms with Gasteiger partial charge in [-0.15, -0.1) is 0 Å². The van der Waals surface area contributed by atoms with E-state index >= 15 is 0 Å². The predicted molar refractivity (Wildman–Crippen MR) is 59.8 cm³/mol. The van der Waals surface area contributed by atoms with Gasteiger partial charge in [-0.3, -0.25) is 9.98 Å². The number of nitrogens with one attached hydrogen (secondary N) is 2. The zero-order valence-corrected chi connectivity index (χ0v) is 7.67. The fraction of sp³-hybridized carbons (Fsp3) is 0. The third kappa shape index (κ3) is 5.54. The van der Waals surface area contributed by atoms with Crippen molar-refractivity contribution in [3.8, 4) is 0 Å². The van der Waals surface area contributed by atoms with Crippen LogP contribution in [0, 0.1) is 0 Å². The molecule has 72 valence electrons. The van der Waals surface area contributed by atoms with Gasteiger partial charge in [0, 0.05) is 49.6 Å². The average Bonchev–Trinajstić information content (AvgIpc) is 2.22. The Kier molecular flexibility index (Phi) is 5.38. The molecule has 0 unspecified atom stereocenters. The van der Waals surface area contributed by atoms with Crippen LogP contribution in [0.3, 0.4) is 0 Å². The molecule has 0 radical (unpaired) electrons. The number of rotatable bonds is 0. The van der Waals surface area contributed by atoms with Crippen molar-refractivity contribution in [2.75, 3.05) is 0 Å². The van der Waals surface area contributed by atoms with Gasteiger partial charge in [0.25, 0.3) is 0 Å². The Hall–Kier alpha value is -2.10. The first-order chi connectivity index (χ1) is 7.00. The van der Waals surface area contributed by atoms with Gasteiger partial charge in [-0.25, -0.2) is 0 Å². The Labute approximate surface area is 83.1 Å². The molecule has 0 amide bonds. The molecular weight excluding hydrogens is 176 g/mol. The molecule has 1 aliphatic rings. The summed E-state index contributed by atoms with van der Waals surface area (Å²) >= 11 is 0. The van der Waals surface area contributed by atoms with Crippen LogP contribution < -0.4 is 10.6 Å². The second-order valence-corrected chi connectivity index (χ2v) is 2.28. The highest BCUT2D eigenvalue weighted by atomic mass is 14.8. The molecule has 1 aliphatic heterocycles. The maximum atomic E-state index is 3.97. The SMILES string of the molecule is C1=CNC=CN=CC=CNC=CN=C1. The lowest BCUT2D eigenvalue weighted by Gasteiger charge is -1.87. The molecular formula is C10H12N4. The minimum atomic E-state index is 1.66. The van der Waals surface area contributed by atoms with Crippen LogP contribution in [0.4, 0.5) is 0 Å². The van der Waals surface area contributed by atoms with E-state index in [1.807, 2.05) is 0 Å².